The maximum absolute atomic E-state index is 13.2. The Balaban J connectivity index is 0.000000296. The highest BCUT2D eigenvalue weighted by Gasteiger charge is 2.45. The molecule has 7 nitrogen and oxygen atoms in total. The quantitative estimate of drug-likeness (QED) is 0.182. The van der Waals surface area contributed by atoms with Crippen LogP contribution in [0.4, 0.5) is 0 Å². The van der Waals surface area contributed by atoms with Gasteiger partial charge in [0.25, 0.3) is 0 Å². The predicted octanol–water partition coefficient (Wildman–Crippen LogP) is 11.2. The summed E-state index contributed by atoms with van der Waals surface area (Å²) in [4.78, 5) is 79.1. The Morgan fingerprint density at radius 3 is 1.36 bits per heavy atom. The summed E-state index contributed by atoms with van der Waals surface area (Å²) in [5, 5.41) is 0. The van der Waals surface area contributed by atoms with Crippen molar-refractivity contribution < 1.29 is 28.8 Å². The molecule has 3 saturated carbocycles. The number of hydrogen-bond donors (Lipinski definition) is 0. The van der Waals surface area contributed by atoms with Gasteiger partial charge < -0.3 is 4.90 Å². The second-order valence-corrected chi connectivity index (χ2v) is 20.5. The van der Waals surface area contributed by atoms with E-state index in [0.29, 0.717) is 86.1 Å². The summed E-state index contributed by atoms with van der Waals surface area (Å²) in [7, 11) is 2.08. The van der Waals surface area contributed by atoms with E-state index in [4.69, 9.17) is 0 Å². The summed E-state index contributed by atoms with van der Waals surface area (Å²) in [6, 6.07) is 0. The van der Waals surface area contributed by atoms with Crippen molar-refractivity contribution in [3.8, 4) is 0 Å². The second kappa shape index (κ2) is 20.1. The fourth-order valence-electron chi connectivity index (χ4n) is 10.8. The zero-order chi connectivity index (χ0) is 41.1. The molecular formula is C48H81NO6. The van der Waals surface area contributed by atoms with Crippen LogP contribution in [0.3, 0.4) is 0 Å². The molecule has 6 atom stereocenters. The van der Waals surface area contributed by atoms with E-state index in [1.54, 1.807) is 0 Å². The van der Waals surface area contributed by atoms with Gasteiger partial charge in [-0.05, 0) is 110 Å². The fourth-order valence-corrected chi connectivity index (χ4v) is 10.8. The van der Waals surface area contributed by atoms with E-state index in [1.165, 1.54) is 0 Å². The highest BCUT2D eigenvalue weighted by Crippen LogP contribution is 2.47. The van der Waals surface area contributed by atoms with Crippen molar-refractivity contribution in [3.05, 3.63) is 0 Å². The van der Waals surface area contributed by atoms with Gasteiger partial charge in [0.1, 0.15) is 34.7 Å². The normalized spacial score (nSPS) is 35.9. The Hall–Kier alpha value is -2.02. The summed E-state index contributed by atoms with van der Waals surface area (Å²) in [6.07, 6.45) is 20.6. The Morgan fingerprint density at radius 1 is 0.509 bits per heavy atom. The van der Waals surface area contributed by atoms with Crippen molar-refractivity contribution in [2.75, 3.05) is 20.1 Å². The Morgan fingerprint density at radius 2 is 0.891 bits per heavy atom. The number of ketones is 6. The molecule has 0 aromatic carbocycles. The molecule has 4 aliphatic rings. The summed E-state index contributed by atoms with van der Waals surface area (Å²) in [5.74, 6) is 2.01. The van der Waals surface area contributed by atoms with Gasteiger partial charge in [-0.1, -0.05) is 81.1 Å². The van der Waals surface area contributed by atoms with Crippen molar-refractivity contribution in [2.24, 2.45) is 32.5 Å². The molecule has 1 saturated heterocycles. The van der Waals surface area contributed by atoms with E-state index in [2.05, 4.69) is 60.4 Å². The first-order valence-corrected chi connectivity index (χ1v) is 22.6. The lowest BCUT2D eigenvalue weighted by Crippen LogP contribution is -2.40. The third-order valence-corrected chi connectivity index (χ3v) is 15.4. The van der Waals surface area contributed by atoms with Crippen molar-refractivity contribution in [1.82, 2.24) is 4.90 Å². The average Bonchev–Trinajstić information content (AvgIpc) is 3.37. The smallest absolute Gasteiger partial charge is 0.140 e. The zero-order valence-corrected chi connectivity index (χ0v) is 37.0. The maximum atomic E-state index is 13.2. The molecule has 1 aliphatic heterocycles. The maximum Gasteiger partial charge on any atom is 0.140 e. The molecule has 0 N–H and O–H groups in total. The SMILES string of the molecule is CCC1(C)CC(C)(C(=O)CCCC2(C)CCCCCC2=O)CCCCC1=O.CCC1(C)CC(C)(C(=O)CCCC2(C)CN(C)CCCC2=O)CCCCC1=O. The van der Waals surface area contributed by atoms with Gasteiger partial charge in [-0.2, -0.15) is 0 Å². The van der Waals surface area contributed by atoms with E-state index in [9.17, 15) is 28.8 Å². The third kappa shape index (κ3) is 12.5. The number of carbonyl (C=O) groups is 6. The standard InChI is InChI=1S/C24H41NO3.C24H40O3/c1-6-22(2)17-23(3,14-8-7-11-19(22)26)20(27)12-9-15-24(4)18-25(5)16-10-13-21(24)28;1-5-22(2)18-24(4,16-10-8-13-19(22)25)21(27)14-11-17-23(3)15-9-6-7-12-20(23)26/h6-18H2,1-5H3;5-18H2,1-4H3. The Bertz CT molecular complexity index is 1370. The molecule has 0 spiro atoms. The van der Waals surface area contributed by atoms with E-state index < -0.39 is 10.8 Å². The second-order valence-electron chi connectivity index (χ2n) is 20.5. The first kappa shape index (κ1) is 47.4. The van der Waals surface area contributed by atoms with Crippen LogP contribution in [0.15, 0.2) is 0 Å². The first-order chi connectivity index (χ1) is 25.7. The minimum atomic E-state index is -0.411. The van der Waals surface area contributed by atoms with Crippen LogP contribution in [0.5, 0.6) is 0 Å². The molecule has 0 bridgehead atoms. The van der Waals surface area contributed by atoms with Gasteiger partial charge in [-0.3, -0.25) is 28.8 Å². The van der Waals surface area contributed by atoms with Crippen LogP contribution < -0.4 is 0 Å². The van der Waals surface area contributed by atoms with Gasteiger partial charge in [0.05, 0.1) is 0 Å². The number of nitrogens with zero attached hydrogens (tertiary/aromatic N) is 1. The van der Waals surface area contributed by atoms with Gasteiger partial charge in [0.15, 0.2) is 0 Å². The van der Waals surface area contributed by atoms with Crippen molar-refractivity contribution in [2.45, 2.75) is 216 Å². The molecule has 0 aromatic heterocycles. The van der Waals surface area contributed by atoms with E-state index >= 15 is 0 Å². The number of carbonyl (C=O) groups excluding carboxylic acids is 6. The predicted molar refractivity (Wildman–Crippen MR) is 223 cm³/mol. The molecule has 4 rings (SSSR count). The minimum Gasteiger partial charge on any atom is -0.305 e. The minimum absolute atomic E-state index is 0.230. The molecule has 3 aliphatic carbocycles. The average molecular weight is 768 g/mol. The van der Waals surface area contributed by atoms with Crippen LogP contribution >= 0.6 is 0 Å². The molecule has 55 heavy (non-hydrogen) atoms. The monoisotopic (exact) mass is 768 g/mol. The fraction of sp³-hybridized carbons (Fsp3) is 0.875. The molecule has 0 aromatic rings. The van der Waals surface area contributed by atoms with Crippen LogP contribution in [-0.4, -0.2) is 59.7 Å². The summed E-state index contributed by atoms with van der Waals surface area (Å²) < 4.78 is 0. The van der Waals surface area contributed by atoms with E-state index in [0.717, 1.165) is 122 Å². The van der Waals surface area contributed by atoms with Crippen molar-refractivity contribution in [1.29, 1.82) is 0 Å². The largest absolute Gasteiger partial charge is 0.305 e. The Kier molecular flexibility index (Phi) is 17.3. The zero-order valence-electron chi connectivity index (χ0n) is 37.0. The van der Waals surface area contributed by atoms with Gasteiger partial charge >= 0.3 is 0 Å². The number of hydrogen-bond acceptors (Lipinski definition) is 7. The number of Topliss-reactive ketones (excluding diaryl/α,β-unsaturated/α-hetero) is 6. The van der Waals surface area contributed by atoms with Crippen LogP contribution in [0.2, 0.25) is 0 Å². The Labute approximate surface area is 336 Å². The van der Waals surface area contributed by atoms with Gasteiger partial charge in [-0.15, -0.1) is 0 Å². The van der Waals surface area contributed by atoms with Crippen LogP contribution in [0.1, 0.15) is 216 Å². The summed E-state index contributed by atoms with van der Waals surface area (Å²) in [6.45, 7) is 18.4. The lowest BCUT2D eigenvalue weighted by molar-refractivity contribution is -0.138. The van der Waals surface area contributed by atoms with Crippen LogP contribution in [0.25, 0.3) is 0 Å². The number of rotatable bonds is 12. The topological polar surface area (TPSA) is 106 Å². The molecular weight excluding hydrogens is 687 g/mol. The van der Waals surface area contributed by atoms with Crippen molar-refractivity contribution in [3.63, 3.8) is 0 Å². The van der Waals surface area contributed by atoms with E-state index in [-0.39, 0.29) is 21.7 Å². The highest BCUT2D eigenvalue weighted by molar-refractivity contribution is 5.90. The van der Waals surface area contributed by atoms with Gasteiger partial charge in [-0.25, -0.2) is 0 Å². The molecule has 4 fully saturated rings. The van der Waals surface area contributed by atoms with Gasteiger partial charge in [0, 0.05) is 77.6 Å². The molecule has 6 unspecified atom stereocenters. The van der Waals surface area contributed by atoms with E-state index in [1.807, 2.05) is 6.92 Å². The summed E-state index contributed by atoms with van der Waals surface area (Å²) in [5.41, 5.74) is -2.11. The highest BCUT2D eigenvalue weighted by atomic mass is 16.1. The van der Waals surface area contributed by atoms with Crippen LogP contribution in [0, 0.1) is 32.5 Å². The van der Waals surface area contributed by atoms with Crippen LogP contribution in [-0.2, 0) is 28.8 Å². The molecule has 0 radical (unpaired) electrons. The lowest BCUT2D eigenvalue weighted by atomic mass is 9.63. The number of likely N-dealkylation sites (tertiary alicyclic amines) is 1. The van der Waals surface area contributed by atoms with Gasteiger partial charge in [0.2, 0.25) is 0 Å². The lowest BCUT2D eigenvalue weighted by Gasteiger charge is -2.39. The molecule has 7 heteroatoms. The molecule has 0 amide bonds. The molecule has 1 heterocycles. The molecule has 314 valence electrons. The summed E-state index contributed by atoms with van der Waals surface area (Å²) >= 11 is 0. The third-order valence-electron chi connectivity index (χ3n) is 15.4. The van der Waals surface area contributed by atoms with Crippen molar-refractivity contribution >= 4 is 34.7 Å². The first-order valence-electron chi connectivity index (χ1n) is 22.6.